The van der Waals surface area contributed by atoms with E-state index in [0.717, 1.165) is 31.6 Å². The average Bonchev–Trinajstić information content (AvgIpc) is 2.41. The molecule has 1 aromatic carbocycles. The van der Waals surface area contributed by atoms with Crippen molar-refractivity contribution in [2.75, 3.05) is 20.1 Å². The van der Waals surface area contributed by atoms with Crippen molar-refractivity contribution < 1.29 is 0 Å². The Hall–Kier alpha value is -0.380. The van der Waals surface area contributed by atoms with Crippen LogP contribution in [0.4, 0.5) is 0 Å². The van der Waals surface area contributed by atoms with E-state index in [9.17, 15) is 0 Å². The van der Waals surface area contributed by atoms with Crippen molar-refractivity contribution in [1.29, 1.82) is 0 Å². The molecule has 3 heteroatoms. The molecule has 1 aliphatic rings. The van der Waals surface area contributed by atoms with Crippen molar-refractivity contribution in [2.45, 2.75) is 45.2 Å². The third-order valence-electron chi connectivity index (χ3n) is 4.26. The van der Waals surface area contributed by atoms with E-state index in [1.54, 1.807) is 0 Å². The Morgan fingerprint density at radius 1 is 1.30 bits per heavy atom. The standard InChI is InChI=1S/C17H27BrN2/c1-14-6-5-8-16(12-14)19-10-11-20(2)13-15-7-3-4-9-17(15)18/h3-4,7,9,14,16,19H,5-6,8,10-13H2,1-2H3. The lowest BCUT2D eigenvalue weighted by atomic mass is 9.87. The maximum atomic E-state index is 3.73. The molecule has 1 saturated carbocycles. The molecule has 2 unspecified atom stereocenters. The van der Waals surface area contributed by atoms with Crippen LogP contribution in [0.3, 0.4) is 0 Å². The fourth-order valence-corrected chi connectivity index (χ4v) is 3.49. The molecule has 20 heavy (non-hydrogen) atoms. The van der Waals surface area contributed by atoms with Crippen LogP contribution in [0.15, 0.2) is 28.7 Å². The quantitative estimate of drug-likeness (QED) is 0.841. The highest BCUT2D eigenvalue weighted by atomic mass is 79.9. The summed E-state index contributed by atoms with van der Waals surface area (Å²) < 4.78 is 1.21. The lowest BCUT2D eigenvalue weighted by Gasteiger charge is -2.28. The Balaban J connectivity index is 1.67. The highest BCUT2D eigenvalue weighted by Gasteiger charge is 2.17. The van der Waals surface area contributed by atoms with Gasteiger partial charge in [0.15, 0.2) is 0 Å². The van der Waals surface area contributed by atoms with Crippen molar-refractivity contribution in [1.82, 2.24) is 10.2 Å². The summed E-state index contributed by atoms with van der Waals surface area (Å²) in [4.78, 5) is 2.39. The van der Waals surface area contributed by atoms with Crippen molar-refractivity contribution in [3.05, 3.63) is 34.3 Å². The van der Waals surface area contributed by atoms with Gasteiger partial charge in [0.2, 0.25) is 0 Å². The van der Waals surface area contributed by atoms with Crippen molar-refractivity contribution in [2.24, 2.45) is 5.92 Å². The summed E-state index contributed by atoms with van der Waals surface area (Å²) in [6, 6.07) is 9.23. The highest BCUT2D eigenvalue weighted by Crippen LogP contribution is 2.23. The van der Waals surface area contributed by atoms with Gasteiger partial charge in [-0.1, -0.05) is 53.9 Å². The molecule has 1 aliphatic carbocycles. The third kappa shape index (κ3) is 5.19. The minimum Gasteiger partial charge on any atom is -0.313 e. The summed E-state index contributed by atoms with van der Waals surface area (Å²) in [6.45, 7) is 5.58. The molecule has 0 amide bonds. The van der Waals surface area contributed by atoms with Crippen LogP contribution in [-0.4, -0.2) is 31.1 Å². The van der Waals surface area contributed by atoms with Crippen LogP contribution in [0.1, 0.15) is 38.2 Å². The van der Waals surface area contributed by atoms with Crippen molar-refractivity contribution >= 4 is 15.9 Å². The molecule has 0 spiro atoms. The second-order valence-corrected chi connectivity index (χ2v) is 7.11. The zero-order chi connectivity index (χ0) is 14.4. The SMILES string of the molecule is CC1CCCC(NCCN(C)Cc2ccccc2Br)C1. The molecule has 2 rings (SSSR count). The lowest BCUT2D eigenvalue weighted by Crippen LogP contribution is -2.38. The maximum absolute atomic E-state index is 3.73. The topological polar surface area (TPSA) is 15.3 Å². The molecule has 1 fully saturated rings. The largest absolute Gasteiger partial charge is 0.313 e. The fourth-order valence-electron chi connectivity index (χ4n) is 3.08. The molecule has 112 valence electrons. The molecular weight excluding hydrogens is 312 g/mol. The number of nitrogens with zero attached hydrogens (tertiary/aromatic N) is 1. The first-order valence-corrected chi connectivity index (χ1v) is 8.60. The molecule has 0 bridgehead atoms. The predicted molar refractivity (Wildman–Crippen MR) is 89.9 cm³/mol. The van der Waals surface area contributed by atoms with Gasteiger partial charge in [-0.25, -0.2) is 0 Å². The molecule has 0 saturated heterocycles. The van der Waals surface area contributed by atoms with Gasteiger partial charge in [0.05, 0.1) is 0 Å². The number of benzene rings is 1. The van der Waals surface area contributed by atoms with E-state index in [-0.39, 0.29) is 0 Å². The van der Waals surface area contributed by atoms with Crippen LogP contribution in [0.5, 0.6) is 0 Å². The average molecular weight is 339 g/mol. The van der Waals surface area contributed by atoms with Gasteiger partial charge in [0.25, 0.3) is 0 Å². The zero-order valence-corrected chi connectivity index (χ0v) is 14.3. The van der Waals surface area contributed by atoms with Crippen LogP contribution in [0.25, 0.3) is 0 Å². The number of halogens is 1. The molecule has 0 heterocycles. The van der Waals surface area contributed by atoms with Gasteiger partial charge in [-0.05, 0) is 37.4 Å². The van der Waals surface area contributed by atoms with Crippen LogP contribution in [0, 0.1) is 5.92 Å². The lowest BCUT2D eigenvalue weighted by molar-refractivity contribution is 0.274. The van der Waals surface area contributed by atoms with Crippen molar-refractivity contribution in [3.63, 3.8) is 0 Å². The summed E-state index contributed by atoms with van der Waals surface area (Å²) in [5.41, 5.74) is 1.36. The van der Waals surface area contributed by atoms with Gasteiger partial charge >= 0.3 is 0 Å². The Kier molecular flexibility index (Phi) is 6.53. The Bertz CT molecular complexity index is 408. The molecule has 2 atom stereocenters. The summed E-state index contributed by atoms with van der Waals surface area (Å²) in [6.07, 6.45) is 5.53. The summed E-state index contributed by atoms with van der Waals surface area (Å²) in [7, 11) is 2.20. The van der Waals surface area contributed by atoms with Gasteiger partial charge in [-0.3, -0.25) is 0 Å². The molecule has 0 aliphatic heterocycles. The molecule has 0 radical (unpaired) electrons. The number of hydrogen-bond donors (Lipinski definition) is 1. The molecule has 1 aromatic rings. The summed E-state index contributed by atoms with van der Waals surface area (Å²) in [5.74, 6) is 0.902. The number of nitrogens with one attached hydrogen (secondary N) is 1. The van der Waals surface area contributed by atoms with Gasteiger partial charge in [0.1, 0.15) is 0 Å². The van der Waals surface area contributed by atoms with Gasteiger partial charge < -0.3 is 10.2 Å². The predicted octanol–water partition coefficient (Wildman–Crippen LogP) is 4.05. The van der Waals surface area contributed by atoms with E-state index < -0.39 is 0 Å². The zero-order valence-electron chi connectivity index (χ0n) is 12.7. The van der Waals surface area contributed by atoms with Crippen LogP contribution < -0.4 is 5.32 Å². The van der Waals surface area contributed by atoms with E-state index >= 15 is 0 Å². The maximum Gasteiger partial charge on any atom is 0.0242 e. The third-order valence-corrected chi connectivity index (χ3v) is 5.03. The minimum atomic E-state index is 0.746. The summed E-state index contributed by atoms with van der Waals surface area (Å²) in [5, 5.41) is 3.73. The molecule has 1 N–H and O–H groups in total. The minimum absolute atomic E-state index is 0.746. The Labute approximate surface area is 132 Å². The van der Waals surface area contributed by atoms with Crippen LogP contribution >= 0.6 is 15.9 Å². The molecular formula is C17H27BrN2. The first-order valence-electron chi connectivity index (χ1n) is 7.80. The van der Waals surface area contributed by atoms with E-state index in [2.05, 4.69) is 64.4 Å². The summed E-state index contributed by atoms with van der Waals surface area (Å²) >= 11 is 3.62. The van der Waals surface area contributed by atoms with E-state index in [0.29, 0.717) is 0 Å². The smallest absolute Gasteiger partial charge is 0.0242 e. The normalized spacial score (nSPS) is 23.2. The number of likely N-dealkylation sites (N-methyl/N-ethyl adjacent to an activating group) is 1. The number of rotatable bonds is 6. The fraction of sp³-hybridized carbons (Fsp3) is 0.647. The van der Waals surface area contributed by atoms with E-state index in [1.807, 2.05) is 0 Å². The van der Waals surface area contributed by atoms with E-state index in [1.165, 1.54) is 35.7 Å². The van der Waals surface area contributed by atoms with Crippen LogP contribution in [-0.2, 0) is 6.54 Å². The van der Waals surface area contributed by atoms with Gasteiger partial charge in [-0.2, -0.15) is 0 Å². The Morgan fingerprint density at radius 2 is 2.10 bits per heavy atom. The van der Waals surface area contributed by atoms with Gasteiger partial charge in [-0.15, -0.1) is 0 Å². The second-order valence-electron chi connectivity index (χ2n) is 6.25. The number of hydrogen-bond acceptors (Lipinski definition) is 2. The van der Waals surface area contributed by atoms with Gasteiger partial charge in [0, 0.05) is 30.1 Å². The first kappa shape index (κ1) is 16.0. The molecule has 2 nitrogen and oxygen atoms in total. The highest BCUT2D eigenvalue weighted by molar-refractivity contribution is 9.10. The van der Waals surface area contributed by atoms with Crippen molar-refractivity contribution in [3.8, 4) is 0 Å². The second kappa shape index (κ2) is 8.16. The first-order chi connectivity index (χ1) is 9.65. The van der Waals surface area contributed by atoms with E-state index in [4.69, 9.17) is 0 Å². The Morgan fingerprint density at radius 3 is 2.85 bits per heavy atom. The van der Waals surface area contributed by atoms with Crippen LogP contribution in [0.2, 0.25) is 0 Å². The molecule has 0 aromatic heterocycles. The monoisotopic (exact) mass is 338 g/mol.